The van der Waals surface area contributed by atoms with Crippen LogP contribution in [0, 0.1) is 11.6 Å². The van der Waals surface area contributed by atoms with Gasteiger partial charge >= 0.3 is 0 Å². The standard InChI is InChI=1S/C17H21F2N3O2/c18-12-4-3-5-13(19)14(12)15(23)21-8-10-22(11-9-21)16(24)17(20)6-1-2-7-17/h3-5H,1-2,6-11,20H2. The average Bonchev–Trinajstić information content (AvgIpc) is 3.02. The predicted octanol–water partition coefficient (Wildman–Crippen LogP) is 1.52. The lowest BCUT2D eigenvalue weighted by Gasteiger charge is -2.38. The lowest BCUT2D eigenvalue weighted by molar-refractivity contribution is -0.138. The van der Waals surface area contributed by atoms with E-state index < -0.39 is 28.6 Å². The Morgan fingerprint density at radius 1 is 0.958 bits per heavy atom. The quantitative estimate of drug-likeness (QED) is 0.890. The van der Waals surface area contributed by atoms with Crippen molar-refractivity contribution >= 4 is 11.8 Å². The van der Waals surface area contributed by atoms with E-state index in [9.17, 15) is 18.4 Å². The third-order valence-electron chi connectivity index (χ3n) is 4.95. The molecule has 7 heteroatoms. The zero-order valence-corrected chi connectivity index (χ0v) is 13.4. The minimum Gasteiger partial charge on any atom is -0.338 e. The van der Waals surface area contributed by atoms with Gasteiger partial charge in [0.05, 0.1) is 5.54 Å². The number of carbonyl (C=O) groups is 2. The zero-order valence-electron chi connectivity index (χ0n) is 13.4. The Kier molecular flexibility index (Phi) is 4.54. The summed E-state index contributed by atoms with van der Waals surface area (Å²) in [4.78, 5) is 27.9. The number of hydrogen-bond donors (Lipinski definition) is 1. The van der Waals surface area contributed by atoms with E-state index in [1.165, 1.54) is 11.0 Å². The molecule has 0 radical (unpaired) electrons. The molecule has 5 nitrogen and oxygen atoms in total. The van der Waals surface area contributed by atoms with Crippen LogP contribution in [0.2, 0.25) is 0 Å². The van der Waals surface area contributed by atoms with E-state index in [1.54, 1.807) is 4.90 Å². The normalized spacial score (nSPS) is 20.3. The Bertz CT molecular complexity index is 631. The minimum absolute atomic E-state index is 0.0795. The van der Waals surface area contributed by atoms with Gasteiger partial charge in [-0.2, -0.15) is 0 Å². The van der Waals surface area contributed by atoms with E-state index in [-0.39, 0.29) is 19.0 Å². The number of rotatable bonds is 2. The van der Waals surface area contributed by atoms with E-state index in [0.717, 1.165) is 25.0 Å². The van der Waals surface area contributed by atoms with Crippen molar-refractivity contribution in [2.45, 2.75) is 31.2 Å². The first-order valence-electron chi connectivity index (χ1n) is 8.24. The van der Waals surface area contributed by atoms with E-state index in [4.69, 9.17) is 5.73 Å². The number of halogens is 2. The molecule has 0 aromatic heterocycles. The molecule has 1 saturated heterocycles. The molecule has 2 amide bonds. The van der Waals surface area contributed by atoms with Gasteiger partial charge in [-0.05, 0) is 25.0 Å². The molecule has 2 fully saturated rings. The van der Waals surface area contributed by atoms with E-state index in [0.29, 0.717) is 25.9 Å². The molecule has 1 heterocycles. The molecule has 130 valence electrons. The first-order valence-corrected chi connectivity index (χ1v) is 8.24. The number of carbonyl (C=O) groups excluding carboxylic acids is 2. The Balaban J connectivity index is 1.65. The van der Waals surface area contributed by atoms with Crippen molar-refractivity contribution in [1.29, 1.82) is 0 Å². The minimum atomic E-state index is -0.870. The van der Waals surface area contributed by atoms with Crippen molar-refractivity contribution in [2.24, 2.45) is 5.73 Å². The number of amides is 2. The number of piperazine rings is 1. The van der Waals surface area contributed by atoms with Crippen LogP contribution in [0.1, 0.15) is 36.0 Å². The summed E-state index contributed by atoms with van der Waals surface area (Å²) < 4.78 is 27.5. The van der Waals surface area contributed by atoms with Crippen LogP contribution in [-0.4, -0.2) is 53.3 Å². The fourth-order valence-corrected chi connectivity index (χ4v) is 3.51. The van der Waals surface area contributed by atoms with E-state index in [2.05, 4.69) is 0 Å². The van der Waals surface area contributed by atoms with Gasteiger partial charge in [-0.3, -0.25) is 9.59 Å². The number of nitrogens with zero attached hydrogens (tertiary/aromatic N) is 2. The van der Waals surface area contributed by atoms with Crippen molar-refractivity contribution in [3.8, 4) is 0 Å². The maximum Gasteiger partial charge on any atom is 0.259 e. The largest absolute Gasteiger partial charge is 0.338 e. The summed E-state index contributed by atoms with van der Waals surface area (Å²) in [5.41, 5.74) is 4.86. The molecule has 0 spiro atoms. The molecule has 2 N–H and O–H groups in total. The Morgan fingerprint density at radius 2 is 1.46 bits per heavy atom. The highest BCUT2D eigenvalue weighted by Gasteiger charge is 2.41. The molecule has 1 aliphatic carbocycles. The fraction of sp³-hybridized carbons (Fsp3) is 0.529. The van der Waals surface area contributed by atoms with Crippen LogP contribution < -0.4 is 5.73 Å². The third-order valence-corrected chi connectivity index (χ3v) is 4.95. The van der Waals surface area contributed by atoms with Gasteiger partial charge in [0.1, 0.15) is 17.2 Å². The van der Waals surface area contributed by atoms with Crippen LogP contribution in [0.25, 0.3) is 0 Å². The molecule has 0 bridgehead atoms. The van der Waals surface area contributed by atoms with Gasteiger partial charge in [0.25, 0.3) is 5.91 Å². The molecule has 1 aliphatic heterocycles. The van der Waals surface area contributed by atoms with Gasteiger partial charge < -0.3 is 15.5 Å². The van der Waals surface area contributed by atoms with Crippen molar-refractivity contribution < 1.29 is 18.4 Å². The molecular weight excluding hydrogens is 316 g/mol. The van der Waals surface area contributed by atoms with Gasteiger partial charge in [-0.25, -0.2) is 8.78 Å². The van der Waals surface area contributed by atoms with Crippen LogP contribution in [0.5, 0.6) is 0 Å². The van der Waals surface area contributed by atoms with Crippen LogP contribution >= 0.6 is 0 Å². The second kappa shape index (κ2) is 6.47. The van der Waals surface area contributed by atoms with Gasteiger partial charge in [-0.15, -0.1) is 0 Å². The molecule has 2 aliphatic rings. The summed E-state index contributed by atoms with van der Waals surface area (Å²) in [6.45, 7) is 1.15. The molecule has 0 unspecified atom stereocenters. The predicted molar refractivity (Wildman–Crippen MR) is 84.2 cm³/mol. The summed E-state index contributed by atoms with van der Waals surface area (Å²) in [6, 6.07) is 3.35. The Hall–Kier alpha value is -2.02. The molecule has 3 rings (SSSR count). The van der Waals surface area contributed by atoms with Crippen molar-refractivity contribution in [2.75, 3.05) is 26.2 Å². The SMILES string of the molecule is NC1(C(=O)N2CCN(C(=O)c3c(F)cccc3F)CC2)CCCC1. The number of nitrogens with two attached hydrogens (primary N) is 1. The van der Waals surface area contributed by atoms with Crippen LogP contribution in [0.3, 0.4) is 0 Å². The average molecular weight is 337 g/mol. The van der Waals surface area contributed by atoms with E-state index >= 15 is 0 Å². The fourth-order valence-electron chi connectivity index (χ4n) is 3.51. The second-order valence-electron chi connectivity index (χ2n) is 6.54. The molecular formula is C17H21F2N3O2. The highest BCUT2D eigenvalue weighted by molar-refractivity contribution is 5.95. The first-order chi connectivity index (χ1) is 11.4. The zero-order chi connectivity index (χ0) is 17.3. The van der Waals surface area contributed by atoms with Gasteiger partial charge in [0.2, 0.25) is 5.91 Å². The summed E-state index contributed by atoms with van der Waals surface area (Å²) in [5.74, 6) is -2.50. The van der Waals surface area contributed by atoms with Crippen LogP contribution in [0.15, 0.2) is 18.2 Å². The van der Waals surface area contributed by atoms with E-state index in [1.807, 2.05) is 0 Å². The van der Waals surface area contributed by atoms with Crippen molar-refractivity contribution in [3.05, 3.63) is 35.4 Å². The van der Waals surface area contributed by atoms with Gasteiger partial charge in [0, 0.05) is 26.2 Å². The summed E-state index contributed by atoms with van der Waals surface area (Å²) in [6.07, 6.45) is 3.28. The number of benzene rings is 1. The number of hydrogen-bond acceptors (Lipinski definition) is 3. The summed E-state index contributed by atoms with van der Waals surface area (Å²) in [5, 5.41) is 0. The van der Waals surface area contributed by atoms with Crippen LogP contribution in [0.4, 0.5) is 8.78 Å². The second-order valence-corrected chi connectivity index (χ2v) is 6.54. The lowest BCUT2D eigenvalue weighted by atomic mass is 9.97. The lowest BCUT2D eigenvalue weighted by Crippen LogP contribution is -2.59. The maximum absolute atomic E-state index is 13.7. The third kappa shape index (κ3) is 3.00. The summed E-state index contributed by atoms with van der Waals surface area (Å²) in [7, 11) is 0. The smallest absolute Gasteiger partial charge is 0.259 e. The summed E-state index contributed by atoms with van der Waals surface area (Å²) >= 11 is 0. The topological polar surface area (TPSA) is 66.6 Å². The Labute approximate surface area is 139 Å². The highest BCUT2D eigenvalue weighted by atomic mass is 19.1. The monoisotopic (exact) mass is 337 g/mol. The van der Waals surface area contributed by atoms with Crippen molar-refractivity contribution in [1.82, 2.24) is 9.80 Å². The maximum atomic E-state index is 13.7. The molecule has 1 saturated carbocycles. The first kappa shape index (κ1) is 16.8. The molecule has 24 heavy (non-hydrogen) atoms. The van der Waals surface area contributed by atoms with Gasteiger partial charge in [0.15, 0.2) is 0 Å². The molecule has 1 aromatic rings. The highest BCUT2D eigenvalue weighted by Crippen LogP contribution is 2.29. The Morgan fingerprint density at radius 3 is 2.00 bits per heavy atom. The van der Waals surface area contributed by atoms with Crippen LogP contribution in [-0.2, 0) is 4.79 Å². The van der Waals surface area contributed by atoms with Crippen molar-refractivity contribution in [3.63, 3.8) is 0 Å². The molecule has 1 aromatic carbocycles. The van der Waals surface area contributed by atoms with Gasteiger partial charge in [-0.1, -0.05) is 18.9 Å². The molecule has 0 atom stereocenters.